The highest BCUT2D eigenvalue weighted by Gasteiger charge is 2.18. The van der Waals surface area contributed by atoms with Crippen molar-refractivity contribution in [3.05, 3.63) is 59.9 Å². The second-order valence-corrected chi connectivity index (χ2v) is 9.03. The van der Waals surface area contributed by atoms with Crippen LogP contribution in [-0.4, -0.2) is 55.8 Å². The first kappa shape index (κ1) is 21.7. The number of rotatable bonds is 9. The van der Waals surface area contributed by atoms with E-state index in [1.54, 1.807) is 6.20 Å². The molecule has 0 bridgehead atoms. The maximum Gasteiger partial charge on any atom is 0.191 e. The van der Waals surface area contributed by atoms with Gasteiger partial charge in [-0.1, -0.05) is 48.0 Å². The van der Waals surface area contributed by atoms with E-state index >= 15 is 0 Å². The van der Waals surface area contributed by atoms with E-state index in [2.05, 4.69) is 31.6 Å². The Morgan fingerprint density at radius 1 is 1.03 bits per heavy atom. The smallest absolute Gasteiger partial charge is 0.191 e. The van der Waals surface area contributed by atoms with Gasteiger partial charge in [-0.25, -0.2) is 0 Å². The highest BCUT2D eigenvalue weighted by Crippen LogP contribution is 2.24. The first-order valence-corrected chi connectivity index (χ1v) is 11.9. The minimum atomic E-state index is 0.197. The largest absolute Gasteiger partial charge is 0.302 e. The second kappa shape index (κ2) is 10.7. The van der Waals surface area contributed by atoms with Gasteiger partial charge in [0.2, 0.25) is 0 Å². The predicted molar refractivity (Wildman–Crippen MR) is 124 cm³/mol. The number of thioether (sulfide) groups is 1. The fourth-order valence-electron chi connectivity index (χ4n) is 3.86. The summed E-state index contributed by atoms with van der Waals surface area (Å²) in [6.45, 7) is 6.14. The fourth-order valence-corrected chi connectivity index (χ4v) is 4.68. The molecule has 0 radical (unpaired) electrons. The summed E-state index contributed by atoms with van der Waals surface area (Å²) in [5, 5.41) is 9.67. The molecule has 1 aliphatic heterocycles. The zero-order valence-corrected chi connectivity index (χ0v) is 18.9. The zero-order chi connectivity index (χ0) is 21.5. The SMILES string of the molecule is Cc1ccc(CC(=O)CSc2nnc(-c3cccnc3)n2CCN2CCCCC2)cc1. The molecule has 0 atom stereocenters. The van der Waals surface area contributed by atoms with Gasteiger partial charge in [-0.15, -0.1) is 10.2 Å². The lowest BCUT2D eigenvalue weighted by Crippen LogP contribution is -2.32. The number of aryl methyl sites for hydroxylation is 1. The van der Waals surface area contributed by atoms with Crippen molar-refractivity contribution in [3.63, 3.8) is 0 Å². The third-order valence-electron chi connectivity index (χ3n) is 5.61. The van der Waals surface area contributed by atoms with Crippen LogP contribution in [0.25, 0.3) is 11.4 Å². The van der Waals surface area contributed by atoms with Gasteiger partial charge in [0.1, 0.15) is 5.78 Å². The molecule has 31 heavy (non-hydrogen) atoms. The van der Waals surface area contributed by atoms with Gasteiger partial charge in [0, 0.05) is 37.5 Å². The minimum Gasteiger partial charge on any atom is -0.302 e. The monoisotopic (exact) mass is 435 g/mol. The van der Waals surface area contributed by atoms with Crippen LogP contribution in [0.1, 0.15) is 30.4 Å². The molecule has 0 spiro atoms. The number of nitrogens with zero attached hydrogens (tertiary/aromatic N) is 5. The quantitative estimate of drug-likeness (QED) is 0.473. The molecule has 0 unspecified atom stereocenters. The number of ketones is 1. The van der Waals surface area contributed by atoms with Gasteiger partial charge in [0.15, 0.2) is 11.0 Å². The van der Waals surface area contributed by atoms with Crippen molar-refractivity contribution in [2.24, 2.45) is 0 Å². The van der Waals surface area contributed by atoms with Gasteiger partial charge in [-0.2, -0.15) is 0 Å². The average molecular weight is 436 g/mol. The molecule has 2 aromatic heterocycles. The van der Waals surface area contributed by atoms with Crippen molar-refractivity contribution in [2.45, 2.75) is 44.3 Å². The Labute approximate surface area is 188 Å². The van der Waals surface area contributed by atoms with Crippen molar-refractivity contribution in [1.82, 2.24) is 24.6 Å². The Kier molecular flexibility index (Phi) is 7.48. The molecule has 3 heterocycles. The number of Topliss-reactive ketones (excluding diaryl/α,β-unsaturated/α-hetero) is 1. The summed E-state index contributed by atoms with van der Waals surface area (Å²) >= 11 is 1.48. The van der Waals surface area contributed by atoms with Crippen molar-refractivity contribution < 1.29 is 4.79 Å². The Hall–Kier alpha value is -2.51. The van der Waals surface area contributed by atoms with Crippen LogP contribution in [0.3, 0.4) is 0 Å². The maximum absolute atomic E-state index is 12.6. The Morgan fingerprint density at radius 3 is 2.58 bits per heavy atom. The van der Waals surface area contributed by atoms with Crippen molar-refractivity contribution in [2.75, 3.05) is 25.4 Å². The molecular weight excluding hydrogens is 406 g/mol. The van der Waals surface area contributed by atoms with Crippen LogP contribution in [0, 0.1) is 6.92 Å². The standard InChI is InChI=1S/C24H29N5OS/c1-19-7-9-20(10-8-19)16-22(30)18-31-24-27-26-23(21-6-5-11-25-17-21)29(24)15-14-28-12-3-2-4-13-28/h5-11,17H,2-4,12-16,18H2,1H3. The summed E-state index contributed by atoms with van der Waals surface area (Å²) in [5.41, 5.74) is 3.21. The van der Waals surface area contributed by atoms with Crippen LogP contribution in [0.15, 0.2) is 53.9 Å². The van der Waals surface area contributed by atoms with Gasteiger partial charge in [0.25, 0.3) is 0 Å². The molecule has 1 fully saturated rings. The van der Waals surface area contributed by atoms with Crippen LogP contribution in [0.4, 0.5) is 0 Å². The van der Waals surface area contributed by atoms with E-state index in [4.69, 9.17) is 0 Å². The molecular formula is C24H29N5OS. The highest BCUT2D eigenvalue weighted by molar-refractivity contribution is 7.99. The molecule has 7 heteroatoms. The molecule has 1 aliphatic rings. The van der Waals surface area contributed by atoms with E-state index in [0.717, 1.165) is 48.3 Å². The average Bonchev–Trinajstić information content (AvgIpc) is 3.22. The number of carbonyl (C=O) groups is 1. The highest BCUT2D eigenvalue weighted by atomic mass is 32.2. The normalized spacial score (nSPS) is 14.6. The summed E-state index contributed by atoms with van der Waals surface area (Å²) in [6, 6.07) is 12.1. The van der Waals surface area contributed by atoms with Crippen molar-refractivity contribution in [1.29, 1.82) is 0 Å². The van der Waals surface area contributed by atoms with Crippen LogP contribution >= 0.6 is 11.8 Å². The zero-order valence-electron chi connectivity index (χ0n) is 18.0. The van der Waals surface area contributed by atoms with Crippen LogP contribution in [0.2, 0.25) is 0 Å². The van der Waals surface area contributed by atoms with Crippen molar-refractivity contribution >= 4 is 17.5 Å². The van der Waals surface area contributed by atoms with E-state index < -0.39 is 0 Å². The molecule has 1 saturated heterocycles. The summed E-state index contributed by atoms with van der Waals surface area (Å²) in [5.74, 6) is 1.41. The fraction of sp³-hybridized carbons (Fsp3) is 0.417. The molecule has 4 rings (SSSR count). The molecule has 1 aromatic carbocycles. The second-order valence-electron chi connectivity index (χ2n) is 8.09. The minimum absolute atomic E-state index is 0.197. The van der Waals surface area contributed by atoms with Crippen LogP contribution in [-0.2, 0) is 17.8 Å². The number of pyridine rings is 1. The van der Waals surface area contributed by atoms with Gasteiger partial charge < -0.3 is 9.47 Å². The molecule has 0 amide bonds. The topological polar surface area (TPSA) is 63.9 Å². The van der Waals surface area contributed by atoms with Crippen molar-refractivity contribution in [3.8, 4) is 11.4 Å². The number of aromatic nitrogens is 4. The van der Waals surface area contributed by atoms with Crippen LogP contribution in [0.5, 0.6) is 0 Å². The summed E-state index contributed by atoms with van der Waals surface area (Å²) in [4.78, 5) is 19.3. The van der Waals surface area contributed by atoms with E-state index in [-0.39, 0.29) is 5.78 Å². The lowest BCUT2D eigenvalue weighted by atomic mass is 10.1. The Bertz CT molecular complexity index is 981. The number of carbonyl (C=O) groups excluding carboxylic acids is 1. The third-order valence-corrected chi connectivity index (χ3v) is 6.64. The van der Waals surface area contributed by atoms with Gasteiger partial charge in [-0.05, 0) is 50.6 Å². The molecule has 0 saturated carbocycles. The molecule has 3 aromatic rings. The molecule has 6 nitrogen and oxygen atoms in total. The van der Waals surface area contributed by atoms with E-state index in [9.17, 15) is 4.79 Å². The Morgan fingerprint density at radius 2 is 1.84 bits per heavy atom. The van der Waals surface area contributed by atoms with E-state index in [0.29, 0.717) is 12.2 Å². The number of piperidine rings is 1. The number of hydrogen-bond donors (Lipinski definition) is 0. The lowest BCUT2D eigenvalue weighted by Gasteiger charge is -2.26. The first-order chi connectivity index (χ1) is 15.2. The van der Waals surface area contributed by atoms with E-state index in [1.807, 2.05) is 42.6 Å². The maximum atomic E-state index is 12.6. The summed E-state index contributed by atoms with van der Waals surface area (Å²) in [7, 11) is 0. The summed E-state index contributed by atoms with van der Waals surface area (Å²) < 4.78 is 2.15. The molecule has 0 N–H and O–H groups in total. The molecule has 0 aliphatic carbocycles. The Balaban J connectivity index is 1.44. The first-order valence-electron chi connectivity index (χ1n) is 10.9. The summed E-state index contributed by atoms with van der Waals surface area (Å²) in [6.07, 6.45) is 7.90. The van der Waals surface area contributed by atoms with Crippen LogP contribution < -0.4 is 0 Å². The predicted octanol–water partition coefficient (Wildman–Crippen LogP) is 4.04. The lowest BCUT2D eigenvalue weighted by molar-refractivity contribution is -0.116. The molecule has 162 valence electrons. The van der Waals surface area contributed by atoms with Gasteiger partial charge in [-0.3, -0.25) is 9.78 Å². The number of likely N-dealkylation sites (tertiary alicyclic amines) is 1. The number of hydrogen-bond acceptors (Lipinski definition) is 6. The van der Waals surface area contributed by atoms with Gasteiger partial charge in [0.05, 0.1) is 5.75 Å². The third kappa shape index (κ3) is 6.02. The number of benzene rings is 1. The van der Waals surface area contributed by atoms with Gasteiger partial charge >= 0.3 is 0 Å². The van der Waals surface area contributed by atoms with E-state index in [1.165, 1.54) is 36.6 Å².